The maximum absolute atomic E-state index is 11.6. The lowest BCUT2D eigenvalue weighted by atomic mass is 9.97. The molecule has 0 aliphatic rings. The molecule has 0 aliphatic heterocycles. The Hall–Kier alpha value is -1.10. The van der Waals surface area contributed by atoms with Gasteiger partial charge in [0.2, 0.25) is 0 Å². The van der Waals surface area contributed by atoms with Gasteiger partial charge in [0.25, 0.3) is 0 Å². The molecule has 4 nitrogen and oxygen atoms in total. The second-order valence-corrected chi connectivity index (χ2v) is 4.43. The molecule has 15 heavy (non-hydrogen) atoms. The number of nitrogens with zero attached hydrogens (tertiary/aromatic N) is 1. The molecule has 0 fully saturated rings. The van der Waals surface area contributed by atoms with Gasteiger partial charge in [-0.05, 0) is 13.3 Å². The van der Waals surface area contributed by atoms with Crippen molar-refractivity contribution >= 4 is 22.4 Å². The first kappa shape index (κ1) is 12.0. The number of thiazole rings is 1. The Morgan fingerprint density at radius 1 is 1.73 bits per heavy atom. The fourth-order valence-corrected chi connectivity index (χ4v) is 2.12. The summed E-state index contributed by atoms with van der Waals surface area (Å²) >= 11 is 1.47. The van der Waals surface area contributed by atoms with E-state index >= 15 is 0 Å². The normalized spacial score (nSPS) is 14.3. The number of anilines is 1. The van der Waals surface area contributed by atoms with Crippen LogP contribution in [-0.2, 0) is 9.53 Å². The Bertz CT molecular complexity index is 313. The molecule has 1 atom stereocenters. The maximum Gasteiger partial charge on any atom is 0.331 e. The van der Waals surface area contributed by atoms with E-state index in [1.54, 1.807) is 6.20 Å². The molecule has 0 spiro atoms. The third kappa shape index (κ3) is 2.92. The number of nitrogens with one attached hydrogen (secondary N) is 1. The second kappa shape index (κ2) is 5.11. The van der Waals surface area contributed by atoms with Gasteiger partial charge in [-0.25, -0.2) is 9.78 Å². The quantitative estimate of drug-likeness (QED) is 0.786. The van der Waals surface area contributed by atoms with E-state index in [2.05, 4.69) is 10.3 Å². The number of rotatable bonds is 5. The van der Waals surface area contributed by atoms with Crippen LogP contribution in [0.4, 0.5) is 5.13 Å². The Balaban J connectivity index is 2.77. The number of methoxy groups -OCH3 is 1. The molecule has 1 N–H and O–H groups in total. The zero-order chi connectivity index (χ0) is 11.3. The lowest BCUT2D eigenvalue weighted by Crippen LogP contribution is -2.44. The average molecular weight is 228 g/mol. The van der Waals surface area contributed by atoms with Crippen molar-refractivity contribution in [1.82, 2.24) is 4.98 Å². The van der Waals surface area contributed by atoms with Gasteiger partial charge >= 0.3 is 5.97 Å². The number of carbonyl (C=O) groups is 1. The summed E-state index contributed by atoms with van der Waals surface area (Å²) in [5.74, 6) is -0.250. The minimum atomic E-state index is -0.679. The van der Waals surface area contributed by atoms with Gasteiger partial charge < -0.3 is 10.1 Å². The molecule has 5 heteroatoms. The van der Waals surface area contributed by atoms with Crippen molar-refractivity contribution in [2.45, 2.75) is 32.2 Å². The van der Waals surface area contributed by atoms with Gasteiger partial charge in [0.1, 0.15) is 5.54 Å². The predicted molar refractivity (Wildman–Crippen MR) is 61.1 cm³/mol. The minimum absolute atomic E-state index is 0.250. The molecule has 1 aromatic heterocycles. The van der Waals surface area contributed by atoms with Crippen LogP contribution in [0.3, 0.4) is 0 Å². The summed E-state index contributed by atoms with van der Waals surface area (Å²) in [6, 6.07) is 0. The van der Waals surface area contributed by atoms with Crippen LogP contribution in [0.2, 0.25) is 0 Å². The van der Waals surface area contributed by atoms with E-state index < -0.39 is 5.54 Å². The van der Waals surface area contributed by atoms with Crippen LogP contribution in [0.5, 0.6) is 0 Å². The van der Waals surface area contributed by atoms with Crippen molar-refractivity contribution in [1.29, 1.82) is 0 Å². The molecule has 0 aliphatic carbocycles. The molecule has 1 rings (SSSR count). The molecule has 0 saturated heterocycles. The van der Waals surface area contributed by atoms with Crippen LogP contribution < -0.4 is 5.32 Å². The van der Waals surface area contributed by atoms with Crippen molar-refractivity contribution in [2.24, 2.45) is 0 Å². The molecule has 0 aromatic carbocycles. The standard InChI is InChI=1S/C10H16N2O2S/c1-4-5-10(2,8(13)14-3)12-9-11-6-7-15-9/h6-7H,4-5H2,1-3H3,(H,11,12). The smallest absolute Gasteiger partial charge is 0.331 e. The van der Waals surface area contributed by atoms with Gasteiger partial charge in [0, 0.05) is 11.6 Å². The molecule has 1 heterocycles. The lowest BCUT2D eigenvalue weighted by molar-refractivity contribution is -0.145. The highest BCUT2D eigenvalue weighted by Gasteiger charge is 2.33. The largest absolute Gasteiger partial charge is 0.467 e. The molecule has 0 bridgehead atoms. The van der Waals surface area contributed by atoms with E-state index in [1.807, 2.05) is 19.2 Å². The zero-order valence-corrected chi connectivity index (χ0v) is 10.1. The second-order valence-electron chi connectivity index (χ2n) is 3.54. The average Bonchev–Trinajstić information content (AvgIpc) is 2.69. The first-order valence-electron chi connectivity index (χ1n) is 4.88. The summed E-state index contributed by atoms with van der Waals surface area (Å²) in [5.41, 5.74) is -0.679. The van der Waals surface area contributed by atoms with Gasteiger partial charge in [-0.15, -0.1) is 11.3 Å². The summed E-state index contributed by atoms with van der Waals surface area (Å²) in [6.07, 6.45) is 3.33. The summed E-state index contributed by atoms with van der Waals surface area (Å²) in [4.78, 5) is 15.7. The molecule has 0 amide bonds. The van der Waals surface area contributed by atoms with E-state index in [-0.39, 0.29) is 5.97 Å². The zero-order valence-electron chi connectivity index (χ0n) is 9.24. The number of carbonyl (C=O) groups excluding carboxylic acids is 1. The third-order valence-corrected chi connectivity index (χ3v) is 2.89. The van der Waals surface area contributed by atoms with Crippen LogP contribution in [-0.4, -0.2) is 23.6 Å². The third-order valence-electron chi connectivity index (χ3n) is 2.20. The van der Waals surface area contributed by atoms with Crippen molar-refractivity contribution < 1.29 is 9.53 Å². The van der Waals surface area contributed by atoms with Crippen LogP contribution in [0, 0.1) is 0 Å². The Morgan fingerprint density at radius 3 is 2.93 bits per heavy atom. The van der Waals surface area contributed by atoms with Gasteiger partial charge in [0.05, 0.1) is 7.11 Å². The monoisotopic (exact) mass is 228 g/mol. The van der Waals surface area contributed by atoms with Crippen LogP contribution in [0.25, 0.3) is 0 Å². The molecule has 1 unspecified atom stereocenters. The number of esters is 1. The molecule has 84 valence electrons. The predicted octanol–water partition coefficient (Wildman–Crippen LogP) is 2.29. The fraction of sp³-hybridized carbons (Fsp3) is 0.600. The summed E-state index contributed by atoms with van der Waals surface area (Å²) in [5, 5.41) is 5.73. The number of ether oxygens (including phenoxy) is 1. The maximum atomic E-state index is 11.6. The van der Waals surface area contributed by atoms with Crippen molar-refractivity contribution in [3.63, 3.8) is 0 Å². The molecular formula is C10H16N2O2S. The number of hydrogen-bond acceptors (Lipinski definition) is 5. The highest BCUT2D eigenvalue weighted by molar-refractivity contribution is 7.13. The Labute approximate surface area is 93.7 Å². The van der Waals surface area contributed by atoms with Crippen molar-refractivity contribution in [2.75, 3.05) is 12.4 Å². The first-order valence-corrected chi connectivity index (χ1v) is 5.76. The summed E-state index contributed by atoms with van der Waals surface area (Å²) in [6.45, 7) is 3.87. The van der Waals surface area contributed by atoms with E-state index in [0.29, 0.717) is 0 Å². The van der Waals surface area contributed by atoms with Gasteiger partial charge in [-0.3, -0.25) is 0 Å². The van der Waals surface area contributed by atoms with E-state index in [9.17, 15) is 4.79 Å². The van der Waals surface area contributed by atoms with E-state index in [4.69, 9.17) is 4.74 Å². The minimum Gasteiger partial charge on any atom is -0.467 e. The van der Waals surface area contributed by atoms with Crippen LogP contribution >= 0.6 is 11.3 Å². The first-order chi connectivity index (χ1) is 7.12. The highest BCUT2D eigenvalue weighted by atomic mass is 32.1. The molecular weight excluding hydrogens is 212 g/mol. The molecule has 1 aromatic rings. The topological polar surface area (TPSA) is 51.2 Å². The molecule has 0 saturated carbocycles. The van der Waals surface area contributed by atoms with E-state index in [0.717, 1.165) is 18.0 Å². The van der Waals surface area contributed by atoms with Crippen LogP contribution in [0.1, 0.15) is 26.7 Å². The SMILES string of the molecule is CCCC(C)(Nc1nccs1)C(=O)OC. The Kier molecular flexibility index (Phi) is 4.08. The Morgan fingerprint density at radius 2 is 2.47 bits per heavy atom. The molecule has 0 radical (unpaired) electrons. The van der Waals surface area contributed by atoms with Gasteiger partial charge in [-0.1, -0.05) is 13.3 Å². The number of aromatic nitrogens is 1. The summed E-state index contributed by atoms with van der Waals surface area (Å²) < 4.78 is 4.79. The van der Waals surface area contributed by atoms with Crippen molar-refractivity contribution in [3.8, 4) is 0 Å². The van der Waals surface area contributed by atoms with Crippen molar-refractivity contribution in [3.05, 3.63) is 11.6 Å². The van der Waals surface area contributed by atoms with Gasteiger partial charge in [0.15, 0.2) is 5.13 Å². The van der Waals surface area contributed by atoms with Crippen LogP contribution in [0.15, 0.2) is 11.6 Å². The summed E-state index contributed by atoms with van der Waals surface area (Å²) in [7, 11) is 1.40. The van der Waals surface area contributed by atoms with Gasteiger partial charge in [-0.2, -0.15) is 0 Å². The number of hydrogen-bond donors (Lipinski definition) is 1. The fourth-order valence-electron chi connectivity index (χ4n) is 1.46. The highest BCUT2D eigenvalue weighted by Crippen LogP contribution is 2.22. The lowest BCUT2D eigenvalue weighted by Gasteiger charge is -2.27. The van der Waals surface area contributed by atoms with E-state index in [1.165, 1.54) is 18.4 Å².